The Kier molecular flexibility index (Phi) is 4.01. The summed E-state index contributed by atoms with van der Waals surface area (Å²) in [5.74, 6) is -0.0570. The molecule has 2 aliphatic rings. The predicted molar refractivity (Wildman–Crippen MR) is 87.7 cm³/mol. The highest BCUT2D eigenvalue weighted by Crippen LogP contribution is 2.38. The lowest BCUT2D eigenvalue weighted by atomic mass is 9.76. The molecule has 0 radical (unpaired) electrons. The Labute approximate surface area is 141 Å². The summed E-state index contributed by atoms with van der Waals surface area (Å²) in [6.07, 6.45) is 2.55. The molecule has 0 unspecified atom stereocenters. The highest BCUT2D eigenvalue weighted by Gasteiger charge is 2.38. The molecular formula is C18H24N2O4. The molecule has 1 aromatic rings. The number of carbonyl (C=O) groups is 3. The quantitative estimate of drug-likeness (QED) is 0.897. The van der Waals surface area contributed by atoms with Crippen LogP contribution in [0.2, 0.25) is 0 Å². The van der Waals surface area contributed by atoms with Crippen LogP contribution in [0.3, 0.4) is 0 Å². The van der Waals surface area contributed by atoms with E-state index in [1.165, 1.54) is 0 Å². The first-order valence-electron chi connectivity index (χ1n) is 8.43. The van der Waals surface area contributed by atoms with Crippen molar-refractivity contribution in [3.63, 3.8) is 0 Å². The number of amides is 2. The monoisotopic (exact) mass is 332 g/mol. The summed E-state index contributed by atoms with van der Waals surface area (Å²) in [4.78, 5) is 38.3. The molecule has 1 saturated heterocycles. The molecule has 2 heterocycles. The minimum absolute atomic E-state index is 0.0372. The Morgan fingerprint density at radius 1 is 1.29 bits per heavy atom. The minimum Gasteiger partial charge on any atom is -0.455 e. The lowest BCUT2D eigenvalue weighted by molar-refractivity contribution is -0.123. The van der Waals surface area contributed by atoms with Crippen molar-refractivity contribution in [3.05, 3.63) is 22.6 Å². The number of likely N-dealkylation sites (tertiary alicyclic amines) is 1. The number of carbonyl (C=O) groups excluding carboxylic acids is 3. The lowest BCUT2D eigenvalue weighted by Gasteiger charge is -2.30. The predicted octanol–water partition coefficient (Wildman–Crippen LogP) is 2.08. The molecular weight excluding hydrogens is 308 g/mol. The number of furan rings is 1. The molecule has 2 amide bonds. The van der Waals surface area contributed by atoms with E-state index in [0.29, 0.717) is 49.2 Å². The molecule has 0 bridgehead atoms. The average Bonchev–Trinajstić information content (AvgIpc) is 2.82. The van der Waals surface area contributed by atoms with Gasteiger partial charge in [0.25, 0.3) is 5.91 Å². The first kappa shape index (κ1) is 16.7. The van der Waals surface area contributed by atoms with Crippen molar-refractivity contribution in [2.45, 2.75) is 46.5 Å². The average molecular weight is 332 g/mol. The van der Waals surface area contributed by atoms with Gasteiger partial charge in [0, 0.05) is 31.5 Å². The molecule has 1 aliphatic heterocycles. The normalized spacial score (nSPS) is 23.0. The van der Waals surface area contributed by atoms with Crippen LogP contribution in [0, 0.1) is 18.3 Å². The molecule has 24 heavy (non-hydrogen) atoms. The van der Waals surface area contributed by atoms with Gasteiger partial charge >= 0.3 is 0 Å². The van der Waals surface area contributed by atoms with E-state index in [9.17, 15) is 14.4 Å². The Hall–Kier alpha value is -2.11. The number of hydrogen-bond acceptors (Lipinski definition) is 4. The smallest absolute Gasteiger partial charge is 0.289 e. The molecule has 6 nitrogen and oxygen atoms in total. The van der Waals surface area contributed by atoms with Crippen molar-refractivity contribution >= 4 is 17.6 Å². The summed E-state index contributed by atoms with van der Waals surface area (Å²) in [5.41, 5.74) is 6.42. The zero-order chi connectivity index (χ0) is 17.6. The van der Waals surface area contributed by atoms with Gasteiger partial charge in [-0.05, 0) is 25.2 Å². The van der Waals surface area contributed by atoms with Crippen molar-refractivity contribution in [1.29, 1.82) is 0 Å². The Morgan fingerprint density at radius 2 is 2.00 bits per heavy atom. The summed E-state index contributed by atoms with van der Waals surface area (Å²) in [6, 6.07) is 0. The molecule has 6 heteroatoms. The van der Waals surface area contributed by atoms with Crippen molar-refractivity contribution in [2.24, 2.45) is 17.1 Å². The molecule has 0 spiro atoms. The van der Waals surface area contributed by atoms with Crippen LogP contribution in [0.4, 0.5) is 0 Å². The van der Waals surface area contributed by atoms with E-state index in [1.54, 1.807) is 11.8 Å². The Morgan fingerprint density at radius 3 is 2.67 bits per heavy atom. The summed E-state index contributed by atoms with van der Waals surface area (Å²) < 4.78 is 5.83. The van der Waals surface area contributed by atoms with Crippen LogP contribution in [0.25, 0.3) is 0 Å². The van der Waals surface area contributed by atoms with Gasteiger partial charge in [-0.3, -0.25) is 14.4 Å². The van der Waals surface area contributed by atoms with Crippen molar-refractivity contribution in [1.82, 2.24) is 4.90 Å². The van der Waals surface area contributed by atoms with E-state index in [4.69, 9.17) is 10.2 Å². The zero-order valence-corrected chi connectivity index (χ0v) is 14.5. The van der Waals surface area contributed by atoms with Gasteiger partial charge in [-0.1, -0.05) is 13.8 Å². The van der Waals surface area contributed by atoms with E-state index in [-0.39, 0.29) is 34.7 Å². The third-order valence-corrected chi connectivity index (χ3v) is 5.08. The Bertz CT molecular complexity index is 717. The van der Waals surface area contributed by atoms with E-state index in [2.05, 4.69) is 0 Å². The van der Waals surface area contributed by atoms with Gasteiger partial charge in [-0.15, -0.1) is 0 Å². The van der Waals surface area contributed by atoms with Gasteiger partial charge in [0.05, 0.1) is 11.5 Å². The second-order valence-electron chi connectivity index (χ2n) is 7.79. The number of nitrogens with zero attached hydrogens (tertiary/aromatic N) is 1. The van der Waals surface area contributed by atoms with Crippen LogP contribution in [0.15, 0.2) is 4.42 Å². The topological polar surface area (TPSA) is 93.6 Å². The fourth-order valence-corrected chi connectivity index (χ4v) is 3.82. The second-order valence-corrected chi connectivity index (χ2v) is 7.79. The first-order valence-corrected chi connectivity index (χ1v) is 8.43. The number of rotatable bonds is 2. The molecule has 1 aromatic heterocycles. The molecule has 2 N–H and O–H groups in total. The van der Waals surface area contributed by atoms with E-state index >= 15 is 0 Å². The fraction of sp³-hybridized carbons (Fsp3) is 0.611. The van der Waals surface area contributed by atoms with Gasteiger partial charge in [0.15, 0.2) is 11.5 Å². The van der Waals surface area contributed by atoms with Gasteiger partial charge in [-0.2, -0.15) is 0 Å². The lowest BCUT2D eigenvalue weighted by Crippen LogP contribution is -2.44. The van der Waals surface area contributed by atoms with Crippen LogP contribution in [0.1, 0.15) is 65.3 Å². The third-order valence-electron chi connectivity index (χ3n) is 5.08. The van der Waals surface area contributed by atoms with E-state index in [1.807, 2.05) is 13.8 Å². The van der Waals surface area contributed by atoms with Gasteiger partial charge in [-0.25, -0.2) is 0 Å². The molecule has 0 saturated carbocycles. The van der Waals surface area contributed by atoms with Gasteiger partial charge in [0.2, 0.25) is 5.91 Å². The summed E-state index contributed by atoms with van der Waals surface area (Å²) in [6.45, 7) is 6.71. The number of nitrogens with two attached hydrogens (primary N) is 1. The SMILES string of the molecule is Cc1c(C(=O)N2CCC[C@@H](C(N)=O)C2)oc2c1C(=O)CC(C)(C)C2. The van der Waals surface area contributed by atoms with Gasteiger partial charge in [0.1, 0.15) is 5.76 Å². The number of fused-ring (bicyclic) bond motifs is 1. The summed E-state index contributed by atoms with van der Waals surface area (Å²) in [7, 11) is 0. The Balaban J connectivity index is 1.89. The van der Waals surface area contributed by atoms with Crippen LogP contribution >= 0.6 is 0 Å². The standard InChI is InChI=1S/C18H24N2O4/c1-10-14-12(21)7-18(2,3)8-13(14)24-15(10)17(23)20-6-4-5-11(9-20)16(19)22/h11H,4-9H2,1-3H3,(H2,19,22)/t11-/m1/s1. The van der Waals surface area contributed by atoms with Gasteiger partial charge < -0.3 is 15.1 Å². The maximum Gasteiger partial charge on any atom is 0.289 e. The van der Waals surface area contributed by atoms with Crippen LogP contribution in [-0.4, -0.2) is 35.6 Å². The number of primary amides is 1. The van der Waals surface area contributed by atoms with Crippen molar-refractivity contribution in [3.8, 4) is 0 Å². The highest BCUT2D eigenvalue weighted by atomic mass is 16.4. The number of Topliss-reactive ketones (excluding diaryl/α,β-unsaturated/α-hetero) is 1. The summed E-state index contributed by atoms with van der Waals surface area (Å²) in [5, 5.41) is 0. The maximum atomic E-state index is 12.8. The first-order chi connectivity index (χ1) is 11.2. The maximum absolute atomic E-state index is 12.8. The van der Waals surface area contributed by atoms with E-state index in [0.717, 1.165) is 6.42 Å². The second kappa shape index (κ2) is 5.76. The largest absolute Gasteiger partial charge is 0.455 e. The highest BCUT2D eigenvalue weighted by molar-refractivity contribution is 6.03. The van der Waals surface area contributed by atoms with E-state index < -0.39 is 0 Å². The van der Waals surface area contributed by atoms with Crippen molar-refractivity contribution in [2.75, 3.05) is 13.1 Å². The van der Waals surface area contributed by atoms with Crippen LogP contribution < -0.4 is 5.73 Å². The molecule has 3 rings (SSSR count). The molecule has 0 aromatic carbocycles. The third kappa shape index (κ3) is 2.85. The summed E-state index contributed by atoms with van der Waals surface area (Å²) >= 11 is 0. The zero-order valence-electron chi connectivity index (χ0n) is 14.5. The number of ketones is 1. The number of piperidine rings is 1. The number of hydrogen-bond donors (Lipinski definition) is 1. The molecule has 1 aliphatic carbocycles. The fourth-order valence-electron chi connectivity index (χ4n) is 3.82. The van der Waals surface area contributed by atoms with Crippen molar-refractivity contribution < 1.29 is 18.8 Å². The molecule has 1 atom stereocenters. The molecule has 130 valence electrons. The van der Waals surface area contributed by atoms with Crippen LogP contribution in [0.5, 0.6) is 0 Å². The molecule has 1 fully saturated rings. The minimum atomic E-state index is -0.375. The van der Waals surface area contributed by atoms with Crippen LogP contribution in [-0.2, 0) is 11.2 Å².